The molecule has 2 aromatic heterocycles. The molecule has 1 aliphatic rings. The molecule has 0 N–H and O–H groups in total. The number of hydrogen-bond acceptors (Lipinski definition) is 7. The molecule has 0 saturated heterocycles. The van der Waals surface area contributed by atoms with Gasteiger partial charge in [-0.05, 0) is 43.7 Å². The number of aromatic nitrogens is 5. The van der Waals surface area contributed by atoms with Gasteiger partial charge in [0.05, 0.1) is 43.7 Å². The van der Waals surface area contributed by atoms with Gasteiger partial charge in [0.1, 0.15) is 18.1 Å². The van der Waals surface area contributed by atoms with Crippen molar-refractivity contribution in [1.82, 2.24) is 24.3 Å². The molecule has 2 aromatic carbocycles. The molecular formula is C25H27N5O4. The highest BCUT2D eigenvalue weighted by atomic mass is 16.5. The lowest BCUT2D eigenvalue weighted by molar-refractivity contribution is -0.128. The van der Waals surface area contributed by atoms with E-state index in [1.165, 1.54) is 0 Å². The molecular weight excluding hydrogens is 434 g/mol. The third-order valence-electron chi connectivity index (χ3n) is 5.42. The maximum absolute atomic E-state index is 9.34. The van der Waals surface area contributed by atoms with Gasteiger partial charge in [0.25, 0.3) is 6.47 Å². The van der Waals surface area contributed by atoms with Crippen LogP contribution in [-0.2, 0) is 22.7 Å². The van der Waals surface area contributed by atoms with E-state index in [0.717, 1.165) is 52.2 Å². The molecule has 0 saturated carbocycles. The summed E-state index contributed by atoms with van der Waals surface area (Å²) in [4.78, 5) is 13.8. The Morgan fingerprint density at radius 2 is 1.91 bits per heavy atom. The smallest absolute Gasteiger partial charge is 0.293 e. The third kappa shape index (κ3) is 4.78. The van der Waals surface area contributed by atoms with Gasteiger partial charge in [-0.3, -0.25) is 4.79 Å². The number of nitrogens with zero attached hydrogens (tertiary/aromatic N) is 5. The monoisotopic (exact) mass is 461 g/mol. The van der Waals surface area contributed by atoms with Crippen molar-refractivity contribution < 1.29 is 19.0 Å². The van der Waals surface area contributed by atoms with Crippen molar-refractivity contribution in [2.75, 3.05) is 13.7 Å². The number of benzene rings is 2. The molecule has 5 rings (SSSR count). The number of methoxy groups -OCH3 is 1. The van der Waals surface area contributed by atoms with Gasteiger partial charge in [0, 0.05) is 5.56 Å². The minimum absolute atomic E-state index is 0.337. The second kappa shape index (κ2) is 10.7. The largest absolute Gasteiger partial charge is 0.497 e. The lowest BCUT2D eigenvalue weighted by atomic mass is 10.1. The van der Waals surface area contributed by atoms with Crippen LogP contribution in [0.4, 0.5) is 0 Å². The van der Waals surface area contributed by atoms with Crippen molar-refractivity contribution in [3.8, 4) is 28.6 Å². The molecule has 0 radical (unpaired) electrons. The Kier molecular flexibility index (Phi) is 7.22. The minimum Gasteiger partial charge on any atom is -0.497 e. The second-order valence-electron chi connectivity index (χ2n) is 7.62. The molecule has 0 aliphatic carbocycles. The van der Waals surface area contributed by atoms with Crippen LogP contribution in [0.2, 0.25) is 0 Å². The molecule has 0 bridgehead atoms. The van der Waals surface area contributed by atoms with Gasteiger partial charge < -0.3 is 23.3 Å². The van der Waals surface area contributed by atoms with E-state index in [2.05, 4.69) is 29.1 Å². The Balaban J connectivity index is 0.000000408. The fraction of sp³-hybridized carbons (Fsp3) is 0.280. The first-order valence-corrected chi connectivity index (χ1v) is 11.0. The standard InChI is InChI=1S/C21H19N5O2.C4H8O2/c1-14-19-11-25-20(12-28-15-6-4-3-5-7-15)23-24-21(25)17-10-16(27-2)8-9-18(17)26(19)13-22-14;1-2-3-6-4-5/h3-10,13H,11-12H2,1-2H3;4H,2-3H2,1H3. The zero-order chi connectivity index (χ0) is 23.9. The summed E-state index contributed by atoms with van der Waals surface area (Å²) in [6.07, 6.45) is 2.76. The molecule has 9 heteroatoms. The van der Waals surface area contributed by atoms with Crippen LogP contribution >= 0.6 is 0 Å². The van der Waals surface area contributed by atoms with Crippen LogP contribution in [-0.4, -0.2) is 44.5 Å². The van der Waals surface area contributed by atoms with Crippen LogP contribution in [0, 0.1) is 6.92 Å². The number of carbonyl (C=O) groups excluding carboxylic acids is 1. The highest BCUT2D eigenvalue weighted by Crippen LogP contribution is 2.34. The van der Waals surface area contributed by atoms with Crippen molar-refractivity contribution in [1.29, 1.82) is 0 Å². The normalized spacial score (nSPS) is 11.1. The predicted molar refractivity (Wildman–Crippen MR) is 126 cm³/mol. The number of para-hydroxylation sites is 1. The number of fused-ring (bicyclic) bond motifs is 5. The van der Waals surface area contributed by atoms with Gasteiger partial charge in [0.2, 0.25) is 0 Å². The Labute approximate surface area is 197 Å². The first-order valence-electron chi connectivity index (χ1n) is 11.0. The van der Waals surface area contributed by atoms with Gasteiger partial charge in [-0.15, -0.1) is 10.2 Å². The average molecular weight is 462 g/mol. The van der Waals surface area contributed by atoms with E-state index in [1.807, 2.05) is 68.7 Å². The topological polar surface area (TPSA) is 93.3 Å². The fourth-order valence-corrected chi connectivity index (χ4v) is 3.68. The summed E-state index contributed by atoms with van der Waals surface area (Å²) < 4.78 is 19.9. The summed E-state index contributed by atoms with van der Waals surface area (Å²) in [7, 11) is 1.66. The van der Waals surface area contributed by atoms with Crippen molar-refractivity contribution in [2.24, 2.45) is 0 Å². The highest BCUT2D eigenvalue weighted by Gasteiger charge is 2.25. The molecule has 3 heterocycles. The van der Waals surface area contributed by atoms with E-state index in [4.69, 9.17) is 9.47 Å². The predicted octanol–water partition coefficient (Wildman–Crippen LogP) is 3.96. The number of rotatable bonds is 7. The lowest BCUT2D eigenvalue weighted by Gasteiger charge is -2.10. The van der Waals surface area contributed by atoms with E-state index < -0.39 is 0 Å². The molecule has 0 atom stereocenters. The van der Waals surface area contributed by atoms with Crippen LogP contribution in [0.25, 0.3) is 17.1 Å². The second-order valence-corrected chi connectivity index (χ2v) is 7.62. The van der Waals surface area contributed by atoms with Crippen LogP contribution in [0.3, 0.4) is 0 Å². The Morgan fingerprint density at radius 3 is 2.62 bits per heavy atom. The molecule has 34 heavy (non-hydrogen) atoms. The summed E-state index contributed by atoms with van der Waals surface area (Å²) >= 11 is 0. The third-order valence-corrected chi connectivity index (χ3v) is 5.42. The van der Waals surface area contributed by atoms with Gasteiger partial charge in [-0.1, -0.05) is 25.1 Å². The van der Waals surface area contributed by atoms with Gasteiger partial charge in [-0.25, -0.2) is 4.98 Å². The Bertz CT molecular complexity index is 1250. The molecule has 0 fully saturated rings. The summed E-state index contributed by atoms with van der Waals surface area (Å²) in [6.45, 7) is 5.93. The van der Waals surface area contributed by atoms with Crippen molar-refractivity contribution in [3.63, 3.8) is 0 Å². The van der Waals surface area contributed by atoms with Crippen LogP contribution < -0.4 is 9.47 Å². The van der Waals surface area contributed by atoms with E-state index in [-0.39, 0.29) is 0 Å². The number of hydrogen-bond donors (Lipinski definition) is 0. The van der Waals surface area contributed by atoms with E-state index in [1.54, 1.807) is 7.11 Å². The summed E-state index contributed by atoms with van der Waals surface area (Å²) in [6, 6.07) is 15.7. The number of imidazole rings is 1. The number of aryl methyl sites for hydroxylation is 1. The van der Waals surface area contributed by atoms with E-state index >= 15 is 0 Å². The number of ether oxygens (including phenoxy) is 3. The van der Waals surface area contributed by atoms with E-state index in [0.29, 0.717) is 26.2 Å². The van der Waals surface area contributed by atoms with Gasteiger partial charge >= 0.3 is 0 Å². The fourth-order valence-electron chi connectivity index (χ4n) is 3.68. The Hall–Kier alpha value is -4.14. The van der Waals surface area contributed by atoms with Gasteiger partial charge in [0.15, 0.2) is 11.6 Å². The molecule has 0 unspecified atom stereocenters. The molecule has 176 valence electrons. The molecule has 1 aliphatic heterocycles. The summed E-state index contributed by atoms with van der Waals surface area (Å²) in [5.74, 6) is 3.14. The Morgan fingerprint density at radius 1 is 1.09 bits per heavy atom. The molecule has 0 amide bonds. The van der Waals surface area contributed by atoms with Crippen LogP contribution in [0.15, 0.2) is 54.9 Å². The molecule has 0 spiro atoms. The average Bonchev–Trinajstić information content (AvgIpc) is 3.41. The minimum atomic E-state index is 0.337. The van der Waals surface area contributed by atoms with Crippen LogP contribution in [0.1, 0.15) is 30.6 Å². The molecule has 4 aromatic rings. The summed E-state index contributed by atoms with van der Waals surface area (Å²) in [5, 5.41) is 8.90. The SMILES string of the molecule is CCCOC=O.COc1ccc2c(c1)-c1nnc(COc3ccccc3)n1Cc1c(C)ncn1-2. The zero-order valence-corrected chi connectivity index (χ0v) is 19.5. The maximum Gasteiger partial charge on any atom is 0.293 e. The quantitative estimate of drug-likeness (QED) is 0.268. The highest BCUT2D eigenvalue weighted by molar-refractivity contribution is 5.71. The van der Waals surface area contributed by atoms with Crippen LogP contribution in [0.5, 0.6) is 11.5 Å². The van der Waals surface area contributed by atoms with E-state index in [9.17, 15) is 4.79 Å². The summed E-state index contributed by atoms with van der Waals surface area (Å²) in [5.41, 5.74) is 4.05. The van der Waals surface area contributed by atoms with Crippen molar-refractivity contribution >= 4 is 6.47 Å². The first kappa shape index (κ1) is 23.0. The molecule has 9 nitrogen and oxygen atoms in total. The van der Waals surface area contributed by atoms with Gasteiger partial charge in [-0.2, -0.15) is 0 Å². The van der Waals surface area contributed by atoms with Crippen molar-refractivity contribution in [3.05, 3.63) is 72.1 Å². The number of carbonyl (C=O) groups is 1. The zero-order valence-electron chi connectivity index (χ0n) is 19.5. The van der Waals surface area contributed by atoms with Crippen molar-refractivity contribution in [2.45, 2.75) is 33.4 Å². The first-order chi connectivity index (χ1) is 16.7. The maximum atomic E-state index is 9.34. The lowest BCUT2D eigenvalue weighted by Crippen LogP contribution is -2.10.